The van der Waals surface area contributed by atoms with Crippen LogP contribution in [-0.2, 0) is 15.9 Å². The number of rotatable bonds is 20. The Bertz CT molecular complexity index is 789. The molecule has 0 amide bonds. The Kier molecular flexibility index (Phi) is 15.4. The van der Waals surface area contributed by atoms with E-state index in [1.165, 1.54) is 50.5 Å². The first kappa shape index (κ1) is 28.7. The highest BCUT2D eigenvalue weighted by molar-refractivity contribution is 5.89. The van der Waals surface area contributed by atoms with E-state index >= 15 is 0 Å². The molecule has 0 atom stereocenters. The van der Waals surface area contributed by atoms with Gasteiger partial charge >= 0.3 is 5.97 Å². The average molecular weight is 484 g/mol. The normalized spacial score (nSPS) is 10.8. The number of hydrogen-bond acceptors (Lipinski definition) is 5. The molecule has 0 radical (unpaired) electrons. The van der Waals surface area contributed by atoms with Crippen molar-refractivity contribution in [1.29, 1.82) is 0 Å². The van der Waals surface area contributed by atoms with Gasteiger partial charge in [0.05, 0.1) is 18.8 Å². The first-order chi connectivity index (χ1) is 17.2. The Morgan fingerprint density at radius 1 is 0.714 bits per heavy atom. The third-order valence-electron chi connectivity index (χ3n) is 5.93. The second kappa shape index (κ2) is 18.8. The van der Waals surface area contributed by atoms with Gasteiger partial charge in [0.2, 0.25) is 0 Å². The minimum absolute atomic E-state index is 0.225. The molecule has 5 nitrogen and oxygen atoms in total. The van der Waals surface area contributed by atoms with Gasteiger partial charge in [-0.05, 0) is 61.2 Å². The molecule has 0 spiro atoms. The Balaban J connectivity index is 1.49. The van der Waals surface area contributed by atoms with E-state index in [4.69, 9.17) is 14.2 Å². The van der Waals surface area contributed by atoms with Crippen molar-refractivity contribution in [3.63, 3.8) is 0 Å². The van der Waals surface area contributed by atoms with Gasteiger partial charge in [-0.2, -0.15) is 0 Å². The largest absolute Gasteiger partial charge is 0.491 e. The summed E-state index contributed by atoms with van der Waals surface area (Å²) in [6.07, 6.45) is 12.8. The van der Waals surface area contributed by atoms with Crippen molar-refractivity contribution in [3.05, 3.63) is 59.7 Å². The summed E-state index contributed by atoms with van der Waals surface area (Å²) < 4.78 is 16.6. The van der Waals surface area contributed by atoms with E-state index < -0.39 is 0 Å². The van der Waals surface area contributed by atoms with Gasteiger partial charge in [0.25, 0.3) is 0 Å². The van der Waals surface area contributed by atoms with Crippen LogP contribution in [0, 0.1) is 0 Å². The molecular weight excluding hydrogens is 438 g/mol. The molecule has 0 aliphatic rings. The lowest BCUT2D eigenvalue weighted by Crippen LogP contribution is -2.14. The third-order valence-corrected chi connectivity index (χ3v) is 5.93. The molecule has 35 heavy (non-hydrogen) atoms. The topological polar surface area (TPSA) is 56.8 Å². The van der Waals surface area contributed by atoms with Gasteiger partial charge in [-0.25, -0.2) is 4.79 Å². The number of carbonyl (C=O) groups is 1. The van der Waals surface area contributed by atoms with Crippen LogP contribution in [0.25, 0.3) is 0 Å². The molecule has 0 fully saturated rings. The Morgan fingerprint density at radius 3 is 2.09 bits per heavy atom. The zero-order valence-corrected chi connectivity index (χ0v) is 21.9. The fourth-order valence-corrected chi connectivity index (χ4v) is 3.77. The van der Waals surface area contributed by atoms with Gasteiger partial charge in [-0.3, -0.25) is 0 Å². The number of unbranched alkanes of at least 4 members (excludes halogenated alkanes) is 7. The maximum absolute atomic E-state index is 12.1. The summed E-state index contributed by atoms with van der Waals surface area (Å²) >= 11 is 0. The van der Waals surface area contributed by atoms with Crippen LogP contribution in [0.3, 0.4) is 0 Å². The first-order valence-corrected chi connectivity index (χ1v) is 13.5. The molecule has 1 N–H and O–H groups in total. The van der Waals surface area contributed by atoms with Crippen LogP contribution in [0.1, 0.15) is 87.6 Å². The van der Waals surface area contributed by atoms with Gasteiger partial charge in [0.15, 0.2) is 0 Å². The maximum Gasteiger partial charge on any atom is 0.338 e. The van der Waals surface area contributed by atoms with Crippen molar-refractivity contribution >= 4 is 11.7 Å². The molecule has 0 aromatic heterocycles. The number of benzene rings is 2. The number of esters is 1. The Morgan fingerprint density at radius 2 is 1.37 bits per heavy atom. The molecule has 2 rings (SSSR count). The van der Waals surface area contributed by atoms with Crippen LogP contribution in [0.15, 0.2) is 48.5 Å². The second-order valence-corrected chi connectivity index (χ2v) is 8.97. The zero-order chi connectivity index (χ0) is 25.0. The molecule has 0 saturated carbocycles. The Labute approximate surface area is 212 Å². The van der Waals surface area contributed by atoms with Crippen LogP contribution in [0.4, 0.5) is 5.69 Å². The van der Waals surface area contributed by atoms with Crippen molar-refractivity contribution in [2.75, 3.05) is 38.3 Å². The summed E-state index contributed by atoms with van der Waals surface area (Å²) in [5, 5.41) is 3.33. The van der Waals surface area contributed by atoms with Crippen LogP contribution < -0.4 is 10.1 Å². The third kappa shape index (κ3) is 13.2. The summed E-state index contributed by atoms with van der Waals surface area (Å²) in [7, 11) is 0. The van der Waals surface area contributed by atoms with E-state index in [0.717, 1.165) is 37.2 Å². The van der Waals surface area contributed by atoms with Crippen molar-refractivity contribution < 1.29 is 19.0 Å². The maximum atomic E-state index is 12.1. The average Bonchev–Trinajstić information content (AvgIpc) is 2.89. The molecule has 0 bridgehead atoms. The van der Waals surface area contributed by atoms with Gasteiger partial charge in [0, 0.05) is 12.2 Å². The minimum atomic E-state index is -0.332. The van der Waals surface area contributed by atoms with E-state index in [2.05, 4.69) is 31.3 Å². The quantitative estimate of drug-likeness (QED) is 0.157. The van der Waals surface area contributed by atoms with Gasteiger partial charge < -0.3 is 19.5 Å². The highest BCUT2D eigenvalue weighted by atomic mass is 16.6. The smallest absolute Gasteiger partial charge is 0.338 e. The standard InChI is InChI=1S/C30H45NO4/c1-3-5-7-8-9-10-11-12-26-13-19-29(20-14-26)34-24-22-33-23-25-35-30(32)27-15-17-28(18-16-27)31-21-6-4-2/h13-20,31H,3-12,21-25H2,1-2H3. The molecule has 0 aliphatic carbocycles. The number of aryl methyl sites for hydroxylation is 1. The van der Waals surface area contributed by atoms with Crippen molar-refractivity contribution in [3.8, 4) is 5.75 Å². The lowest BCUT2D eigenvalue weighted by Gasteiger charge is -2.09. The molecular formula is C30H45NO4. The van der Waals surface area contributed by atoms with Gasteiger partial charge in [0.1, 0.15) is 19.0 Å². The van der Waals surface area contributed by atoms with Crippen LogP contribution in [0.2, 0.25) is 0 Å². The Hall–Kier alpha value is -2.53. The van der Waals surface area contributed by atoms with Crippen molar-refractivity contribution in [2.45, 2.75) is 78.1 Å². The summed E-state index contributed by atoms with van der Waals surface area (Å²) in [6.45, 7) is 6.85. The van der Waals surface area contributed by atoms with Gasteiger partial charge in [-0.15, -0.1) is 0 Å². The number of nitrogens with one attached hydrogen (secondary N) is 1. The number of hydrogen-bond donors (Lipinski definition) is 1. The van der Waals surface area contributed by atoms with E-state index in [0.29, 0.717) is 25.4 Å². The molecule has 0 heterocycles. The summed E-state index contributed by atoms with van der Waals surface area (Å²) in [5.74, 6) is 0.525. The van der Waals surface area contributed by atoms with Crippen LogP contribution in [-0.4, -0.2) is 38.9 Å². The SMILES string of the molecule is CCCCCCCCCc1ccc(OCCOCCOC(=O)c2ccc(NCCCC)cc2)cc1. The highest BCUT2D eigenvalue weighted by Gasteiger charge is 2.06. The molecule has 2 aromatic carbocycles. The lowest BCUT2D eigenvalue weighted by atomic mass is 10.0. The molecule has 2 aromatic rings. The van der Waals surface area contributed by atoms with Crippen molar-refractivity contribution in [2.24, 2.45) is 0 Å². The van der Waals surface area contributed by atoms with Crippen molar-refractivity contribution in [1.82, 2.24) is 0 Å². The second-order valence-electron chi connectivity index (χ2n) is 8.97. The predicted molar refractivity (Wildman–Crippen MR) is 145 cm³/mol. The van der Waals surface area contributed by atoms with Crippen LogP contribution >= 0.6 is 0 Å². The minimum Gasteiger partial charge on any atom is -0.491 e. The van der Waals surface area contributed by atoms with E-state index in [1.807, 2.05) is 24.3 Å². The fourth-order valence-electron chi connectivity index (χ4n) is 3.77. The first-order valence-electron chi connectivity index (χ1n) is 13.5. The molecule has 0 unspecified atom stereocenters. The van der Waals surface area contributed by atoms with E-state index in [9.17, 15) is 4.79 Å². The van der Waals surface area contributed by atoms with Crippen LogP contribution in [0.5, 0.6) is 5.75 Å². The number of carbonyl (C=O) groups excluding carboxylic acids is 1. The molecule has 0 saturated heterocycles. The lowest BCUT2D eigenvalue weighted by molar-refractivity contribution is 0.0273. The number of ether oxygens (including phenoxy) is 3. The predicted octanol–water partition coefficient (Wildman–Crippen LogP) is 7.44. The van der Waals surface area contributed by atoms with Gasteiger partial charge in [-0.1, -0.05) is 70.9 Å². The molecule has 5 heteroatoms. The summed E-state index contributed by atoms with van der Waals surface area (Å²) in [4.78, 5) is 12.1. The van der Waals surface area contributed by atoms with E-state index in [1.54, 1.807) is 12.1 Å². The summed E-state index contributed by atoms with van der Waals surface area (Å²) in [6, 6.07) is 15.7. The number of anilines is 1. The summed E-state index contributed by atoms with van der Waals surface area (Å²) in [5.41, 5.74) is 2.93. The molecule has 0 aliphatic heterocycles. The monoisotopic (exact) mass is 483 g/mol. The fraction of sp³-hybridized carbons (Fsp3) is 0.567. The zero-order valence-electron chi connectivity index (χ0n) is 21.9. The molecule has 194 valence electrons. The highest BCUT2D eigenvalue weighted by Crippen LogP contribution is 2.15. The van der Waals surface area contributed by atoms with E-state index in [-0.39, 0.29) is 12.6 Å².